The van der Waals surface area contributed by atoms with Crippen LogP contribution in [0.2, 0.25) is 0 Å². The maximum absolute atomic E-state index is 4.60. The van der Waals surface area contributed by atoms with Gasteiger partial charge in [0.15, 0.2) is 0 Å². The molecular weight excluding hydrogens is 262 g/mol. The summed E-state index contributed by atoms with van der Waals surface area (Å²) in [6, 6.07) is 4.13. The van der Waals surface area contributed by atoms with Crippen LogP contribution in [0.1, 0.15) is 31.3 Å². The van der Waals surface area contributed by atoms with Gasteiger partial charge in [-0.15, -0.1) is 0 Å². The van der Waals surface area contributed by atoms with Crippen LogP contribution in [0.3, 0.4) is 0 Å². The molecule has 5 heteroatoms. The van der Waals surface area contributed by atoms with Crippen LogP contribution in [0.15, 0.2) is 24.5 Å². The van der Waals surface area contributed by atoms with Gasteiger partial charge in [-0.05, 0) is 38.2 Å². The highest BCUT2D eigenvalue weighted by atomic mass is 15.3. The van der Waals surface area contributed by atoms with Crippen LogP contribution in [0.5, 0.6) is 0 Å². The van der Waals surface area contributed by atoms with Gasteiger partial charge in [0.25, 0.3) is 0 Å². The zero-order valence-corrected chi connectivity index (χ0v) is 12.9. The van der Waals surface area contributed by atoms with Crippen LogP contribution in [0.4, 0.5) is 5.82 Å². The molecule has 0 radical (unpaired) electrons. The zero-order chi connectivity index (χ0) is 14.7. The first-order valence-corrected chi connectivity index (χ1v) is 7.81. The Balaban J connectivity index is 1.61. The normalized spacial score (nSPS) is 16.4. The fourth-order valence-corrected chi connectivity index (χ4v) is 2.97. The van der Waals surface area contributed by atoms with Crippen LogP contribution in [-0.2, 0) is 13.0 Å². The molecule has 2 aromatic rings. The van der Waals surface area contributed by atoms with E-state index in [0.717, 1.165) is 49.3 Å². The molecule has 1 aliphatic rings. The molecule has 2 aromatic heterocycles. The maximum Gasteiger partial charge on any atom is 0.132 e. The van der Waals surface area contributed by atoms with Crippen molar-refractivity contribution in [3.8, 4) is 0 Å². The van der Waals surface area contributed by atoms with E-state index in [1.54, 1.807) is 0 Å². The minimum absolute atomic E-state index is 0.717. The van der Waals surface area contributed by atoms with Gasteiger partial charge in [-0.25, -0.2) is 9.97 Å². The topological polar surface area (TPSA) is 46.8 Å². The molecule has 0 unspecified atom stereocenters. The molecule has 0 amide bonds. The highest BCUT2D eigenvalue weighted by Gasteiger charge is 2.21. The maximum atomic E-state index is 4.60. The van der Waals surface area contributed by atoms with E-state index in [9.17, 15) is 0 Å². The summed E-state index contributed by atoms with van der Waals surface area (Å²) in [5.41, 5.74) is 1.14. The van der Waals surface area contributed by atoms with Gasteiger partial charge in [-0.3, -0.25) is 4.68 Å². The van der Waals surface area contributed by atoms with Crippen molar-refractivity contribution >= 4 is 5.82 Å². The molecular formula is C16H23N5. The number of piperidine rings is 1. The molecule has 0 spiro atoms. The molecule has 0 saturated carbocycles. The van der Waals surface area contributed by atoms with Crippen molar-refractivity contribution in [3.63, 3.8) is 0 Å². The fourth-order valence-electron chi connectivity index (χ4n) is 2.97. The van der Waals surface area contributed by atoms with Gasteiger partial charge in [-0.1, -0.05) is 6.92 Å². The van der Waals surface area contributed by atoms with Crippen molar-refractivity contribution in [1.29, 1.82) is 0 Å². The van der Waals surface area contributed by atoms with Gasteiger partial charge in [0.05, 0.1) is 0 Å². The molecule has 0 N–H and O–H groups in total. The minimum atomic E-state index is 0.717. The lowest BCUT2D eigenvalue weighted by Gasteiger charge is -2.33. The minimum Gasteiger partial charge on any atom is -0.356 e. The summed E-state index contributed by atoms with van der Waals surface area (Å²) in [5.74, 6) is 2.69. The molecule has 21 heavy (non-hydrogen) atoms. The van der Waals surface area contributed by atoms with Gasteiger partial charge in [0, 0.05) is 43.8 Å². The predicted molar refractivity (Wildman–Crippen MR) is 83.3 cm³/mol. The van der Waals surface area contributed by atoms with E-state index in [1.807, 2.05) is 30.1 Å². The first-order chi connectivity index (χ1) is 10.2. The van der Waals surface area contributed by atoms with Crippen molar-refractivity contribution < 1.29 is 0 Å². The molecule has 112 valence electrons. The number of hydrogen-bond acceptors (Lipinski definition) is 4. The molecule has 3 rings (SSSR count). The number of aromatic nitrogens is 4. The van der Waals surface area contributed by atoms with Crippen LogP contribution < -0.4 is 4.90 Å². The van der Waals surface area contributed by atoms with E-state index >= 15 is 0 Å². The van der Waals surface area contributed by atoms with E-state index < -0.39 is 0 Å². The van der Waals surface area contributed by atoms with Crippen molar-refractivity contribution in [2.75, 3.05) is 18.0 Å². The SMILES string of the molecule is CCc1cc(N2CCC(Cn3cccn3)CC2)nc(C)n1. The lowest BCUT2D eigenvalue weighted by Crippen LogP contribution is -2.35. The van der Waals surface area contributed by atoms with E-state index in [4.69, 9.17) is 0 Å². The van der Waals surface area contributed by atoms with Crippen LogP contribution >= 0.6 is 0 Å². The third-order valence-electron chi connectivity index (χ3n) is 4.18. The summed E-state index contributed by atoms with van der Waals surface area (Å²) in [5, 5.41) is 4.30. The van der Waals surface area contributed by atoms with Crippen LogP contribution in [0.25, 0.3) is 0 Å². The quantitative estimate of drug-likeness (QED) is 0.866. The second-order valence-corrected chi connectivity index (χ2v) is 5.78. The molecule has 1 fully saturated rings. The lowest BCUT2D eigenvalue weighted by atomic mass is 9.97. The summed E-state index contributed by atoms with van der Waals surface area (Å²) in [4.78, 5) is 11.5. The van der Waals surface area contributed by atoms with Crippen LogP contribution in [0, 0.1) is 12.8 Å². The van der Waals surface area contributed by atoms with Crippen LogP contribution in [-0.4, -0.2) is 32.8 Å². The van der Waals surface area contributed by atoms with Gasteiger partial charge < -0.3 is 4.90 Å². The Morgan fingerprint density at radius 1 is 1.24 bits per heavy atom. The number of rotatable bonds is 4. The van der Waals surface area contributed by atoms with Gasteiger partial charge in [0.1, 0.15) is 11.6 Å². The van der Waals surface area contributed by atoms with Gasteiger partial charge in [-0.2, -0.15) is 5.10 Å². The Kier molecular flexibility index (Phi) is 4.18. The average molecular weight is 285 g/mol. The third-order valence-corrected chi connectivity index (χ3v) is 4.18. The summed E-state index contributed by atoms with van der Waals surface area (Å²) < 4.78 is 2.05. The molecule has 1 aliphatic heterocycles. The monoisotopic (exact) mass is 285 g/mol. The highest BCUT2D eigenvalue weighted by Crippen LogP contribution is 2.23. The second kappa shape index (κ2) is 6.24. The Labute approximate surface area is 126 Å². The Morgan fingerprint density at radius 3 is 2.71 bits per heavy atom. The zero-order valence-electron chi connectivity index (χ0n) is 12.9. The number of nitrogens with zero attached hydrogens (tertiary/aromatic N) is 5. The van der Waals surface area contributed by atoms with Crippen molar-refractivity contribution in [2.45, 2.75) is 39.7 Å². The first kappa shape index (κ1) is 14.0. The smallest absolute Gasteiger partial charge is 0.132 e. The largest absolute Gasteiger partial charge is 0.356 e. The number of aryl methyl sites for hydroxylation is 2. The summed E-state index contributed by atoms with van der Waals surface area (Å²) >= 11 is 0. The van der Waals surface area contributed by atoms with E-state index in [-0.39, 0.29) is 0 Å². The standard InChI is InChI=1S/C16H23N5/c1-3-15-11-16(19-13(2)18-15)20-9-5-14(6-10-20)12-21-8-4-7-17-21/h4,7-8,11,14H,3,5-6,9-10,12H2,1-2H3. The fraction of sp³-hybridized carbons (Fsp3) is 0.562. The molecule has 5 nitrogen and oxygen atoms in total. The summed E-state index contributed by atoms with van der Waals surface area (Å²) in [6.07, 6.45) is 7.26. The van der Waals surface area contributed by atoms with Gasteiger partial charge in [0.2, 0.25) is 0 Å². The van der Waals surface area contributed by atoms with Crippen molar-refractivity contribution in [1.82, 2.24) is 19.7 Å². The number of anilines is 1. The van der Waals surface area contributed by atoms with E-state index in [1.165, 1.54) is 12.8 Å². The Morgan fingerprint density at radius 2 is 2.05 bits per heavy atom. The molecule has 0 aromatic carbocycles. The Hall–Kier alpha value is -1.91. The van der Waals surface area contributed by atoms with Crippen molar-refractivity contribution in [2.24, 2.45) is 5.92 Å². The first-order valence-electron chi connectivity index (χ1n) is 7.81. The average Bonchev–Trinajstić information content (AvgIpc) is 3.00. The molecule has 0 aliphatic carbocycles. The predicted octanol–water partition coefficient (Wildman–Crippen LogP) is 2.46. The molecule has 0 atom stereocenters. The highest BCUT2D eigenvalue weighted by molar-refractivity contribution is 5.40. The second-order valence-electron chi connectivity index (χ2n) is 5.78. The summed E-state index contributed by atoms with van der Waals surface area (Å²) in [7, 11) is 0. The lowest BCUT2D eigenvalue weighted by molar-refractivity contribution is 0.341. The van der Waals surface area contributed by atoms with Crippen molar-refractivity contribution in [3.05, 3.63) is 36.0 Å². The van der Waals surface area contributed by atoms with E-state index in [0.29, 0.717) is 0 Å². The molecule has 3 heterocycles. The number of hydrogen-bond donors (Lipinski definition) is 0. The summed E-state index contributed by atoms with van der Waals surface area (Å²) in [6.45, 7) is 7.30. The molecule has 1 saturated heterocycles. The Bertz CT molecular complexity index is 570. The third kappa shape index (κ3) is 3.40. The molecule has 0 bridgehead atoms. The van der Waals surface area contributed by atoms with E-state index in [2.05, 4.69) is 33.0 Å². The van der Waals surface area contributed by atoms with Gasteiger partial charge >= 0.3 is 0 Å².